The Bertz CT molecular complexity index is 1110. The summed E-state index contributed by atoms with van der Waals surface area (Å²) in [5.41, 5.74) is 11.2. The van der Waals surface area contributed by atoms with Gasteiger partial charge in [-0.2, -0.15) is 0 Å². The molecule has 0 amide bonds. The second-order valence-corrected chi connectivity index (χ2v) is 9.38. The minimum Gasteiger partial charge on any atom is -0.0619 e. The Morgan fingerprint density at radius 3 is 1.16 bits per heavy atom. The van der Waals surface area contributed by atoms with E-state index in [-0.39, 0.29) is 0 Å². The number of hydrogen-bond acceptors (Lipinski definition) is 0. The molecule has 0 aromatic heterocycles. The quantitative estimate of drug-likeness (QED) is 0.308. The van der Waals surface area contributed by atoms with Gasteiger partial charge in [0.2, 0.25) is 0 Å². The minimum atomic E-state index is 0.408. The first kappa shape index (κ1) is 19.8. The van der Waals surface area contributed by atoms with Crippen molar-refractivity contribution in [1.29, 1.82) is 0 Å². The highest BCUT2D eigenvalue weighted by Crippen LogP contribution is 2.33. The first-order chi connectivity index (χ1) is 15.1. The molecular formula is C31H30. The fraction of sp³-hybridized carbons (Fsp3) is 0.226. The number of hydrogen-bond donors (Lipinski definition) is 0. The molecule has 1 aliphatic carbocycles. The Hall–Kier alpha value is -3.12. The highest BCUT2D eigenvalue weighted by molar-refractivity contribution is 5.41. The topological polar surface area (TPSA) is 0 Å². The van der Waals surface area contributed by atoms with Crippen molar-refractivity contribution in [2.75, 3.05) is 0 Å². The minimum absolute atomic E-state index is 0.408. The standard InChI is InChI=1S/C31H30/c1-22(2)31-29-13-5-11-27(20-29)18-25-9-3-7-23(16-25)15-24-8-4-10-26(17-24)19-28-12-6-14-30(31)21-28/h3-14,16-17,20-22,31H,15,18-19H2,1-2H3. The van der Waals surface area contributed by atoms with Gasteiger partial charge in [-0.3, -0.25) is 0 Å². The zero-order chi connectivity index (χ0) is 21.2. The Balaban J connectivity index is 1.66. The molecule has 0 saturated carbocycles. The van der Waals surface area contributed by atoms with Gasteiger partial charge >= 0.3 is 0 Å². The lowest BCUT2D eigenvalue weighted by Crippen LogP contribution is -2.10. The fourth-order valence-corrected chi connectivity index (χ4v) is 5.16. The van der Waals surface area contributed by atoms with Crippen molar-refractivity contribution in [3.63, 3.8) is 0 Å². The van der Waals surface area contributed by atoms with Crippen molar-refractivity contribution in [2.24, 2.45) is 5.92 Å². The van der Waals surface area contributed by atoms with Crippen LogP contribution in [0.1, 0.15) is 64.3 Å². The molecule has 0 atom stereocenters. The van der Waals surface area contributed by atoms with E-state index >= 15 is 0 Å². The summed E-state index contributed by atoms with van der Waals surface area (Å²) in [7, 11) is 0. The molecule has 0 unspecified atom stereocenters. The first-order valence-corrected chi connectivity index (χ1v) is 11.5. The van der Waals surface area contributed by atoms with Gasteiger partial charge in [-0.1, -0.05) is 111 Å². The van der Waals surface area contributed by atoms with Crippen LogP contribution in [-0.2, 0) is 19.3 Å². The summed E-state index contributed by atoms with van der Waals surface area (Å²) in [5.74, 6) is 0.946. The normalized spacial score (nSPS) is 13.9. The molecule has 0 nitrogen and oxygen atoms in total. The van der Waals surface area contributed by atoms with E-state index in [9.17, 15) is 0 Å². The zero-order valence-electron chi connectivity index (χ0n) is 18.5. The maximum Gasteiger partial charge on any atom is 0.0113 e. The second kappa shape index (κ2) is 8.55. The van der Waals surface area contributed by atoms with Gasteiger partial charge in [0.05, 0.1) is 0 Å². The molecule has 31 heavy (non-hydrogen) atoms. The monoisotopic (exact) mass is 402 g/mol. The van der Waals surface area contributed by atoms with Crippen molar-refractivity contribution >= 4 is 0 Å². The smallest absolute Gasteiger partial charge is 0.0113 e. The maximum absolute atomic E-state index is 2.43. The summed E-state index contributed by atoms with van der Waals surface area (Å²) in [5, 5.41) is 0. The van der Waals surface area contributed by atoms with Gasteiger partial charge in [0.25, 0.3) is 0 Å². The van der Waals surface area contributed by atoms with Gasteiger partial charge in [0.1, 0.15) is 0 Å². The van der Waals surface area contributed by atoms with Crippen LogP contribution in [0.4, 0.5) is 0 Å². The van der Waals surface area contributed by atoms with Crippen molar-refractivity contribution in [3.05, 3.63) is 142 Å². The Kier molecular flexibility index (Phi) is 5.47. The van der Waals surface area contributed by atoms with E-state index in [2.05, 4.69) is 111 Å². The summed E-state index contributed by atoms with van der Waals surface area (Å²) >= 11 is 0. The summed E-state index contributed by atoms with van der Waals surface area (Å²) in [6, 6.07) is 36.7. The predicted octanol–water partition coefficient (Wildman–Crippen LogP) is 7.56. The van der Waals surface area contributed by atoms with Crippen LogP contribution in [0.15, 0.2) is 97.1 Å². The summed E-state index contributed by atoms with van der Waals surface area (Å²) in [6.45, 7) is 4.69. The number of benzene rings is 4. The SMILES string of the molecule is CC(C)C1c2cccc(c2)Cc2cccc(c2)Cc2cccc(c2)Cc2cccc1c2. The predicted molar refractivity (Wildman–Crippen MR) is 131 cm³/mol. The van der Waals surface area contributed by atoms with E-state index in [0.29, 0.717) is 11.8 Å². The number of rotatable bonds is 1. The molecule has 4 aromatic carbocycles. The van der Waals surface area contributed by atoms with E-state index in [1.165, 1.54) is 44.5 Å². The molecule has 1 aliphatic rings. The molecule has 0 aliphatic heterocycles. The zero-order valence-corrected chi connectivity index (χ0v) is 18.5. The Labute approximate surface area is 186 Å². The first-order valence-electron chi connectivity index (χ1n) is 11.5. The Morgan fingerprint density at radius 2 is 0.806 bits per heavy atom. The average molecular weight is 403 g/mol. The lowest BCUT2D eigenvalue weighted by atomic mass is 9.81. The second-order valence-electron chi connectivity index (χ2n) is 9.38. The third-order valence-corrected chi connectivity index (χ3v) is 6.49. The van der Waals surface area contributed by atoms with Gasteiger partial charge in [0, 0.05) is 5.92 Å². The molecule has 8 bridgehead atoms. The fourth-order valence-electron chi connectivity index (χ4n) is 5.16. The third-order valence-electron chi connectivity index (χ3n) is 6.49. The largest absolute Gasteiger partial charge is 0.0619 e. The van der Waals surface area contributed by atoms with E-state index in [0.717, 1.165) is 19.3 Å². The van der Waals surface area contributed by atoms with Crippen LogP contribution in [0.3, 0.4) is 0 Å². The lowest BCUT2D eigenvalue weighted by molar-refractivity contribution is 0.563. The van der Waals surface area contributed by atoms with E-state index < -0.39 is 0 Å². The van der Waals surface area contributed by atoms with Crippen LogP contribution in [-0.4, -0.2) is 0 Å². The van der Waals surface area contributed by atoms with E-state index in [1.807, 2.05) is 0 Å². The van der Waals surface area contributed by atoms with Crippen LogP contribution in [0.2, 0.25) is 0 Å². The van der Waals surface area contributed by atoms with Gasteiger partial charge in [-0.25, -0.2) is 0 Å². The molecule has 0 heteroatoms. The van der Waals surface area contributed by atoms with E-state index in [1.54, 1.807) is 0 Å². The summed E-state index contributed by atoms with van der Waals surface area (Å²) in [4.78, 5) is 0. The van der Waals surface area contributed by atoms with Crippen LogP contribution >= 0.6 is 0 Å². The van der Waals surface area contributed by atoms with Crippen LogP contribution in [0.25, 0.3) is 0 Å². The van der Waals surface area contributed by atoms with Crippen LogP contribution in [0, 0.1) is 5.92 Å². The van der Waals surface area contributed by atoms with Crippen molar-refractivity contribution in [2.45, 2.75) is 39.0 Å². The molecule has 0 saturated heterocycles. The highest BCUT2D eigenvalue weighted by Gasteiger charge is 2.19. The molecule has 0 heterocycles. The summed E-state index contributed by atoms with van der Waals surface area (Å²) < 4.78 is 0. The molecular weight excluding hydrogens is 372 g/mol. The average Bonchev–Trinajstić information content (AvgIpc) is 2.74. The molecule has 154 valence electrons. The molecule has 0 radical (unpaired) electrons. The third kappa shape index (κ3) is 4.49. The van der Waals surface area contributed by atoms with E-state index in [4.69, 9.17) is 0 Å². The highest BCUT2D eigenvalue weighted by atomic mass is 14.2. The Morgan fingerprint density at radius 1 is 0.484 bits per heavy atom. The number of fused-ring (bicyclic) bond motifs is 8. The molecule has 0 N–H and O–H groups in total. The van der Waals surface area contributed by atoms with Gasteiger partial charge in [-0.15, -0.1) is 0 Å². The molecule has 4 aromatic rings. The van der Waals surface area contributed by atoms with Crippen LogP contribution in [0.5, 0.6) is 0 Å². The lowest BCUT2D eigenvalue weighted by Gasteiger charge is -2.23. The van der Waals surface area contributed by atoms with Crippen molar-refractivity contribution in [1.82, 2.24) is 0 Å². The maximum atomic E-state index is 2.43. The van der Waals surface area contributed by atoms with Gasteiger partial charge in [0.15, 0.2) is 0 Å². The van der Waals surface area contributed by atoms with Crippen molar-refractivity contribution < 1.29 is 0 Å². The summed E-state index contributed by atoms with van der Waals surface area (Å²) in [6.07, 6.45) is 2.94. The molecule has 0 spiro atoms. The van der Waals surface area contributed by atoms with Gasteiger partial charge in [-0.05, 0) is 69.7 Å². The van der Waals surface area contributed by atoms with Crippen molar-refractivity contribution in [3.8, 4) is 0 Å². The molecule has 0 fully saturated rings. The van der Waals surface area contributed by atoms with Crippen LogP contribution < -0.4 is 0 Å². The van der Waals surface area contributed by atoms with Gasteiger partial charge < -0.3 is 0 Å². The molecule has 5 rings (SSSR count).